The molecule has 0 aliphatic heterocycles. The molecule has 6 heteroatoms. The molecule has 0 unspecified atom stereocenters. The van der Waals surface area contributed by atoms with Crippen LogP contribution in [0.4, 0.5) is 8.78 Å². The molecule has 1 aromatic carbocycles. The van der Waals surface area contributed by atoms with Crippen LogP contribution in [0.1, 0.15) is 19.2 Å². The van der Waals surface area contributed by atoms with Crippen LogP contribution in [0.3, 0.4) is 0 Å². The third kappa shape index (κ3) is 2.70. The molecule has 18 heavy (non-hydrogen) atoms. The monoisotopic (exact) mass is 253 g/mol. The number of aromatic nitrogens is 2. The van der Waals surface area contributed by atoms with Gasteiger partial charge in [-0.2, -0.15) is 0 Å². The first-order valence-corrected chi connectivity index (χ1v) is 5.70. The van der Waals surface area contributed by atoms with Crippen LogP contribution < -0.4 is 5.32 Å². The fourth-order valence-corrected chi connectivity index (χ4v) is 1.47. The SMILES string of the molecule is CCCNCc1nnc(-c2cccc(F)c2F)o1. The van der Waals surface area contributed by atoms with Crippen LogP contribution in [0.5, 0.6) is 0 Å². The molecule has 96 valence electrons. The third-order valence-electron chi connectivity index (χ3n) is 2.35. The van der Waals surface area contributed by atoms with Gasteiger partial charge in [-0.3, -0.25) is 0 Å². The van der Waals surface area contributed by atoms with Crippen molar-refractivity contribution in [2.24, 2.45) is 0 Å². The van der Waals surface area contributed by atoms with E-state index in [1.807, 2.05) is 6.92 Å². The first-order valence-electron chi connectivity index (χ1n) is 5.70. The van der Waals surface area contributed by atoms with Gasteiger partial charge in [0.1, 0.15) is 0 Å². The second-order valence-electron chi connectivity index (χ2n) is 3.78. The van der Waals surface area contributed by atoms with Gasteiger partial charge < -0.3 is 9.73 Å². The fourth-order valence-electron chi connectivity index (χ4n) is 1.47. The summed E-state index contributed by atoms with van der Waals surface area (Å²) >= 11 is 0. The Morgan fingerprint density at radius 3 is 2.89 bits per heavy atom. The number of nitrogens with zero attached hydrogens (tertiary/aromatic N) is 2. The number of halogens is 2. The molecule has 1 aromatic heterocycles. The summed E-state index contributed by atoms with van der Waals surface area (Å²) in [4.78, 5) is 0. The lowest BCUT2D eigenvalue weighted by molar-refractivity contribution is 0.469. The molecule has 0 amide bonds. The van der Waals surface area contributed by atoms with Gasteiger partial charge in [-0.1, -0.05) is 13.0 Å². The van der Waals surface area contributed by atoms with Crippen LogP contribution in [0.25, 0.3) is 11.5 Å². The van der Waals surface area contributed by atoms with Gasteiger partial charge in [-0.25, -0.2) is 8.78 Å². The molecule has 1 heterocycles. The second kappa shape index (κ2) is 5.68. The molecule has 0 atom stereocenters. The van der Waals surface area contributed by atoms with Crippen LogP contribution in [0.15, 0.2) is 22.6 Å². The summed E-state index contributed by atoms with van der Waals surface area (Å²) in [6.07, 6.45) is 0.986. The van der Waals surface area contributed by atoms with Gasteiger partial charge >= 0.3 is 0 Å². The van der Waals surface area contributed by atoms with E-state index in [4.69, 9.17) is 4.42 Å². The lowest BCUT2D eigenvalue weighted by Crippen LogP contribution is -2.13. The van der Waals surface area contributed by atoms with Gasteiger partial charge in [0.05, 0.1) is 12.1 Å². The van der Waals surface area contributed by atoms with Crippen molar-refractivity contribution in [2.45, 2.75) is 19.9 Å². The minimum atomic E-state index is -0.978. The predicted molar refractivity (Wildman–Crippen MR) is 61.6 cm³/mol. The van der Waals surface area contributed by atoms with E-state index < -0.39 is 11.6 Å². The van der Waals surface area contributed by atoms with E-state index in [9.17, 15) is 8.78 Å². The van der Waals surface area contributed by atoms with E-state index >= 15 is 0 Å². The molecule has 2 aromatic rings. The normalized spacial score (nSPS) is 10.8. The first-order chi connectivity index (χ1) is 8.72. The highest BCUT2D eigenvalue weighted by molar-refractivity contribution is 5.53. The lowest BCUT2D eigenvalue weighted by Gasteiger charge is -1.98. The summed E-state index contributed by atoms with van der Waals surface area (Å²) in [5.41, 5.74) is -0.0239. The Morgan fingerprint density at radius 2 is 2.11 bits per heavy atom. The minimum Gasteiger partial charge on any atom is -0.419 e. The van der Waals surface area contributed by atoms with E-state index in [-0.39, 0.29) is 11.5 Å². The zero-order chi connectivity index (χ0) is 13.0. The van der Waals surface area contributed by atoms with Gasteiger partial charge in [-0.15, -0.1) is 10.2 Å². The highest BCUT2D eigenvalue weighted by Crippen LogP contribution is 2.22. The molecule has 0 saturated carbocycles. The molecule has 0 aliphatic carbocycles. The maximum Gasteiger partial charge on any atom is 0.250 e. The minimum absolute atomic E-state index is 0.0136. The Labute approximate surface area is 103 Å². The van der Waals surface area contributed by atoms with E-state index in [0.29, 0.717) is 12.4 Å². The molecule has 0 spiro atoms. The van der Waals surface area contributed by atoms with E-state index in [1.54, 1.807) is 0 Å². The Balaban J connectivity index is 2.16. The van der Waals surface area contributed by atoms with Gasteiger partial charge in [0.25, 0.3) is 5.89 Å². The van der Waals surface area contributed by atoms with Crippen molar-refractivity contribution in [2.75, 3.05) is 6.54 Å². The third-order valence-corrected chi connectivity index (χ3v) is 2.35. The van der Waals surface area contributed by atoms with Crippen LogP contribution in [-0.2, 0) is 6.54 Å². The van der Waals surface area contributed by atoms with E-state index in [2.05, 4.69) is 15.5 Å². The molecular formula is C12H13F2N3O. The molecule has 0 fully saturated rings. The second-order valence-corrected chi connectivity index (χ2v) is 3.78. The summed E-state index contributed by atoms with van der Waals surface area (Å²) in [7, 11) is 0. The first kappa shape index (κ1) is 12.6. The standard InChI is InChI=1S/C12H13F2N3O/c1-2-6-15-7-10-16-17-12(18-10)8-4-3-5-9(13)11(8)14/h3-5,15H,2,6-7H2,1H3. The summed E-state index contributed by atoms with van der Waals surface area (Å²) in [5, 5.41) is 10.5. The Kier molecular flexibility index (Phi) is 3.99. The van der Waals surface area contributed by atoms with Crippen molar-refractivity contribution in [3.8, 4) is 11.5 Å². The molecule has 0 bridgehead atoms. The van der Waals surface area contributed by atoms with Crippen molar-refractivity contribution in [3.05, 3.63) is 35.7 Å². The van der Waals surface area contributed by atoms with Crippen LogP contribution in [-0.4, -0.2) is 16.7 Å². The van der Waals surface area contributed by atoms with Crippen LogP contribution in [0.2, 0.25) is 0 Å². The average molecular weight is 253 g/mol. The highest BCUT2D eigenvalue weighted by atomic mass is 19.2. The average Bonchev–Trinajstić information content (AvgIpc) is 2.82. The lowest BCUT2D eigenvalue weighted by atomic mass is 10.2. The summed E-state index contributed by atoms with van der Waals surface area (Å²) in [6, 6.07) is 3.83. The van der Waals surface area contributed by atoms with Gasteiger partial charge in [0.2, 0.25) is 5.89 Å². The largest absolute Gasteiger partial charge is 0.419 e. The summed E-state index contributed by atoms with van der Waals surface area (Å²) in [5.74, 6) is -1.58. The molecule has 2 rings (SSSR count). The number of benzene rings is 1. The maximum atomic E-state index is 13.5. The van der Waals surface area contributed by atoms with Crippen molar-refractivity contribution >= 4 is 0 Å². The quantitative estimate of drug-likeness (QED) is 0.832. The zero-order valence-electron chi connectivity index (χ0n) is 9.91. The van der Waals surface area contributed by atoms with Crippen LogP contribution >= 0.6 is 0 Å². The molecular weight excluding hydrogens is 240 g/mol. The molecule has 0 aliphatic rings. The highest BCUT2D eigenvalue weighted by Gasteiger charge is 2.15. The molecule has 4 nitrogen and oxygen atoms in total. The maximum absolute atomic E-state index is 13.5. The summed E-state index contributed by atoms with van der Waals surface area (Å²) in [6.45, 7) is 3.28. The van der Waals surface area contributed by atoms with Gasteiger partial charge in [0.15, 0.2) is 11.6 Å². The molecule has 0 radical (unpaired) electrons. The van der Waals surface area contributed by atoms with Crippen molar-refractivity contribution in [1.82, 2.24) is 15.5 Å². The molecule has 1 N–H and O–H groups in total. The predicted octanol–water partition coefficient (Wildman–Crippen LogP) is 2.51. The topological polar surface area (TPSA) is 51.0 Å². The van der Waals surface area contributed by atoms with E-state index in [1.165, 1.54) is 12.1 Å². The van der Waals surface area contributed by atoms with Crippen LogP contribution in [0, 0.1) is 11.6 Å². The molecule has 0 saturated heterocycles. The summed E-state index contributed by atoms with van der Waals surface area (Å²) < 4.78 is 31.8. The number of hydrogen-bond donors (Lipinski definition) is 1. The number of rotatable bonds is 5. The Morgan fingerprint density at radius 1 is 1.28 bits per heavy atom. The van der Waals surface area contributed by atoms with Crippen molar-refractivity contribution in [1.29, 1.82) is 0 Å². The van der Waals surface area contributed by atoms with Crippen molar-refractivity contribution < 1.29 is 13.2 Å². The smallest absolute Gasteiger partial charge is 0.250 e. The Bertz CT molecular complexity index is 528. The number of hydrogen-bond acceptors (Lipinski definition) is 4. The number of nitrogens with one attached hydrogen (secondary N) is 1. The van der Waals surface area contributed by atoms with Gasteiger partial charge in [0, 0.05) is 0 Å². The van der Waals surface area contributed by atoms with Crippen molar-refractivity contribution in [3.63, 3.8) is 0 Å². The Hall–Kier alpha value is -1.82. The zero-order valence-corrected chi connectivity index (χ0v) is 9.91. The fraction of sp³-hybridized carbons (Fsp3) is 0.333. The van der Waals surface area contributed by atoms with E-state index in [0.717, 1.165) is 19.0 Å². The van der Waals surface area contributed by atoms with Gasteiger partial charge in [-0.05, 0) is 25.1 Å².